The predicted octanol–water partition coefficient (Wildman–Crippen LogP) is 3.34. The third-order valence-electron chi connectivity index (χ3n) is 2.42. The molecular weight excluding hydrogens is 224 g/mol. The number of nitro benzene ring substituents is 1. The van der Waals surface area contributed by atoms with Crippen molar-refractivity contribution < 1.29 is 4.92 Å². The van der Waals surface area contributed by atoms with Gasteiger partial charge >= 0.3 is 0 Å². The van der Waals surface area contributed by atoms with Crippen molar-refractivity contribution in [3.05, 3.63) is 44.3 Å². The van der Waals surface area contributed by atoms with Crippen LogP contribution in [-0.2, 0) is 0 Å². The van der Waals surface area contributed by atoms with Gasteiger partial charge in [-0.15, -0.1) is 11.3 Å². The molecule has 1 heterocycles. The van der Waals surface area contributed by atoms with Crippen molar-refractivity contribution >= 4 is 17.0 Å². The Morgan fingerprint density at radius 2 is 2.12 bits per heavy atom. The van der Waals surface area contributed by atoms with Gasteiger partial charge in [0.25, 0.3) is 5.69 Å². The molecule has 0 saturated heterocycles. The fourth-order valence-electron chi connectivity index (χ4n) is 1.54. The highest BCUT2D eigenvalue weighted by molar-refractivity contribution is 7.10. The molecule has 0 spiro atoms. The monoisotopic (exact) mass is 234 g/mol. The third kappa shape index (κ3) is 1.81. The number of thiazole rings is 1. The molecule has 1 aromatic heterocycles. The topological polar surface area (TPSA) is 56.0 Å². The van der Waals surface area contributed by atoms with Crippen molar-refractivity contribution in [1.82, 2.24) is 4.98 Å². The van der Waals surface area contributed by atoms with Gasteiger partial charge in [-0.3, -0.25) is 10.1 Å². The fourth-order valence-corrected chi connectivity index (χ4v) is 2.13. The second kappa shape index (κ2) is 4.02. The molecule has 16 heavy (non-hydrogen) atoms. The van der Waals surface area contributed by atoms with Gasteiger partial charge in [-0.25, -0.2) is 4.98 Å². The second-order valence-electron chi connectivity index (χ2n) is 3.52. The fraction of sp³-hybridized carbons (Fsp3) is 0.182. The first-order chi connectivity index (χ1) is 7.59. The first-order valence-electron chi connectivity index (χ1n) is 4.75. The number of rotatable bonds is 2. The van der Waals surface area contributed by atoms with Crippen LogP contribution in [0.3, 0.4) is 0 Å². The van der Waals surface area contributed by atoms with Gasteiger partial charge in [-0.1, -0.05) is 12.1 Å². The molecule has 5 heteroatoms. The maximum absolute atomic E-state index is 10.8. The summed E-state index contributed by atoms with van der Waals surface area (Å²) in [6, 6.07) is 5.20. The van der Waals surface area contributed by atoms with E-state index in [4.69, 9.17) is 0 Å². The summed E-state index contributed by atoms with van der Waals surface area (Å²) in [5.41, 5.74) is 4.19. The maximum atomic E-state index is 10.8. The van der Waals surface area contributed by atoms with E-state index in [1.807, 2.05) is 13.0 Å². The van der Waals surface area contributed by atoms with E-state index >= 15 is 0 Å². The van der Waals surface area contributed by atoms with E-state index in [0.29, 0.717) is 5.56 Å². The number of hydrogen-bond acceptors (Lipinski definition) is 4. The summed E-state index contributed by atoms with van der Waals surface area (Å²) >= 11 is 1.54. The second-order valence-corrected chi connectivity index (χ2v) is 4.57. The quantitative estimate of drug-likeness (QED) is 0.591. The van der Waals surface area contributed by atoms with Crippen LogP contribution in [0.5, 0.6) is 0 Å². The summed E-state index contributed by atoms with van der Waals surface area (Å²) in [5.74, 6) is 0. The van der Waals surface area contributed by atoms with Crippen LogP contribution < -0.4 is 0 Å². The Hall–Kier alpha value is -1.75. The van der Waals surface area contributed by atoms with Gasteiger partial charge in [0.2, 0.25) is 0 Å². The Balaban J connectivity index is 2.56. The normalized spacial score (nSPS) is 10.4. The lowest BCUT2D eigenvalue weighted by atomic mass is 10.1. The van der Waals surface area contributed by atoms with Gasteiger partial charge in [0.1, 0.15) is 0 Å². The van der Waals surface area contributed by atoms with Crippen molar-refractivity contribution in [3.63, 3.8) is 0 Å². The van der Waals surface area contributed by atoms with Crippen LogP contribution in [0.2, 0.25) is 0 Å². The highest BCUT2D eigenvalue weighted by atomic mass is 32.1. The first kappa shape index (κ1) is 10.8. The first-order valence-corrected chi connectivity index (χ1v) is 5.63. The minimum atomic E-state index is -0.361. The molecule has 2 aromatic rings. The van der Waals surface area contributed by atoms with Gasteiger partial charge in [0.05, 0.1) is 16.1 Å². The van der Waals surface area contributed by atoms with Gasteiger partial charge in [0.15, 0.2) is 0 Å². The summed E-state index contributed by atoms with van der Waals surface area (Å²) in [6.07, 6.45) is 0. The van der Waals surface area contributed by atoms with E-state index in [1.54, 1.807) is 24.6 Å². The third-order valence-corrected chi connectivity index (χ3v) is 3.18. The molecule has 0 atom stereocenters. The van der Waals surface area contributed by atoms with Crippen LogP contribution in [0.1, 0.15) is 10.4 Å². The molecular formula is C11H10N2O2S. The smallest absolute Gasteiger partial charge is 0.258 e. The number of nitrogens with zero attached hydrogens (tertiary/aromatic N) is 2. The van der Waals surface area contributed by atoms with E-state index in [9.17, 15) is 10.1 Å². The zero-order chi connectivity index (χ0) is 11.7. The lowest BCUT2D eigenvalue weighted by molar-refractivity contribution is -0.385. The van der Waals surface area contributed by atoms with Crippen LogP contribution in [0.15, 0.2) is 23.7 Å². The Morgan fingerprint density at radius 3 is 2.69 bits per heavy atom. The average Bonchev–Trinajstić information content (AvgIpc) is 2.65. The Bertz CT molecular complexity index is 549. The molecule has 0 fully saturated rings. The molecule has 0 bridgehead atoms. The summed E-state index contributed by atoms with van der Waals surface area (Å²) in [5, 5.41) is 10.8. The van der Waals surface area contributed by atoms with E-state index in [1.165, 1.54) is 11.3 Å². The molecule has 0 aliphatic heterocycles. The largest absolute Gasteiger partial charge is 0.272 e. The maximum Gasteiger partial charge on any atom is 0.272 e. The summed E-state index contributed by atoms with van der Waals surface area (Å²) in [7, 11) is 0. The van der Waals surface area contributed by atoms with Crippen LogP contribution in [0.4, 0.5) is 5.69 Å². The molecule has 0 aliphatic rings. The van der Waals surface area contributed by atoms with Crippen LogP contribution in [-0.4, -0.2) is 9.91 Å². The molecule has 82 valence electrons. The van der Waals surface area contributed by atoms with Crippen LogP contribution >= 0.6 is 11.3 Å². The van der Waals surface area contributed by atoms with E-state index in [0.717, 1.165) is 16.1 Å². The lowest BCUT2D eigenvalue weighted by Gasteiger charge is -2.01. The van der Waals surface area contributed by atoms with Crippen molar-refractivity contribution in [2.75, 3.05) is 0 Å². The van der Waals surface area contributed by atoms with Crippen molar-refractivity contribution in [2.45, 2.75) is 13.8 Å². The zero-order valence-corrected chi connectivity index (χ0v) is 9.75. The number of benzene rings is 1. The Morgan fingerprint density at radius 1 is 1.38 bits per heavy atom. The minimum Gasteiger partial charge on any atom is -0.258 e. The number of hydrogen-bond donors (Lipinski definition) is 0. The molecule has 0 amide bonds. The average molecular weight is 234 g/mol. The highest BCUT2D eigenvalue weighted by Crippen LogP contribution is 2.29. The number of nitro groups is 1. The van der Waals surface area contributed by atoms with E-state index in [2.05, 4.69) is 4.98 Å². The summed E-state index contributed by atoms with van der Waals surface area (Å²) < 4.78 is 0. The van der Waals surface area contributed by atoms with Crippen molar-refractivity contribution in [1.29, 1.82) is 0 Å². The van der Waals surface area contributed by atoms with Gasteiger partial charge in [-0.2, -0.15) is 0 Å². The molecule has 4 nitrogen and oxygen atoms in total. The van der Waals surface area contributed by atoms with Crippen molar-refractivity contribution in [3.8, 4) is 11.3 Å². The van der Waals surface area contributed by atoms with Crippen LogP contribution in [0, 0.1) is 24.0 Å². The summed E-state index contributed by atoms with van der Waals surface area (Å²) in [4.78, 5) is 15.7. The summed E-state index contributed by atoms with van der Waals surface area (Å²) in [6.45, 7) is 3.69. The molecule has 0 unspecified atom stereocenters. The van der Waals surface area contributed by atoms with E-state index in [-0.39, 0.29) is 10.6 Å². The molecule has 0 N–H and O–H groups in total. The number of aromatic nitrogens is 1. The SMILES string of the molecule is Cc1ccc(-c2ncsc2C)cc1[N+](=O)[O-]. The Labute approximate surface area is 96.7 Å². The lowest BCUT2D eigenvalue weighted by Crippen LogP contribution is -1.92. The molecule has 2 rings (SSSR count). The van der Waals surface area contributed by atoms with Gasteiger partial charge in [-0.05, 0) is 13.8 Å². The standard InChI is InChI=1S/C11H10N2O2S/c1-7-3-4-9(5-10(7)13(14)15)11-8(2)16-6-12-11/h3-6H,1-2H3. The van der Waals surface area contributed by atoms with E-state index < -0.39 is 0 Å². The molecule has 1 aromatic carbocycles. The zero-order valence-electron chi connectivity index (χ0n) is 8.93. The molecule has 0 saturated carbocycles. The number of aryl methyl sites for hydroxylation is 2. The minimum absolute atomic E-state index is 0.143. The molecule has 0 radical (unpaired) electrons. The Kier molecular flexibility index (Phi) is 2.70. The highest BCUT2D eigenvalue weighted by Gasteiger charge is 2.13. The van der Waals surface area contributed by atoms with Crippen LogP contribution in [0.25, 0.3) is 11.3 Å². The molecule has 0 aliphatic carbocycles. The van der Waals surface area contributed by atoms with Gasteiger partial charge in [0, 0.05) is 22.1 Å². The van der Waals surface area contributed by atoms with Crippen molar-refractivity contribution in [2.24, 2.45) is 0 Å². The predicted molar refractivity (Wildman–Crippen MR) is 63.7 cm³/mol. The van der Waals surface area contributed by atoms with Gasteiger partial charge < -0.3 is 0 Å².